The Bertz CT molecular complexity index is 1100. The van der Waals surface area contributed by atoms with Crippen LogP contribution in [-0.2, 0) is 11.3 Å². The van der Waals surface area contributed by atoms with Gasteiger partial charge in [0.05, 0.1) is 13.7 Å². The maximum absolute atomic E-state index is 12.8. The number of nitrogens with one attached hydrogen (secondary N) is 2. The number of nitrogens with two attached hydrogens (primary N) is 1. The monoisotopic (exact) mass is 421 g/mol. The Morgan fingerprint density at radius 1 is 1.35 bits per heavy atom. The Morgan fingerprint density at radius 2 is 2.16 bits per heavy atom. The topological polar surface area (TPSA) is 144 Å². The highest BCUT2D eigenvalue weighted by atomic mass is 16.5. The number of imide groups is 1. The van der Waals surface area contributed by atoms with Crippen molar-refractivity contribution in [2.45, 2.75) is 12.6 Å². The maximum atomic E-state index is 12.8. The Labute approximate surface area is 177 Å². The van der Waals surface area contributed by atoms with Crippen LogP contribution in [0, 0.1) is 11.8 Å². The van der Waals surface area contributed by atoms with Crippen LogP contribution in [0.3, 0.4) is 0 Å². The summed E-state index contributed by atoms with van der Waals surface area (Å²) in [6.45, 7) is 0.414. The number of amides is 5. The number of benzene rings is 1. The molecule has 1 aliphatic rings. The SMILES string of the molecule is COc1ccc2c(c1)C(=O)N(C[C@@H](C#Cc1ccnc(C(N)=O)c1)NC(=O)NC=O)C2. The van der Waals surface area contributed by atoms with Crippen LogP contribution < -0.4 is 21.1 Å². The van der Waals surface area contributed by atoms with Gasteiger partial charge in [-0.25, -0.2) is 4.79 Å². The Balaban J connectivity index is 1.81. The van der Waals surface area contributed by atoms with Crippen molar-refractivity contribution >= 4 is 24.3 Å². The van der Waals surface area contributed by atoms with E-state index in [9.17, 15) is 19.2 Å². The second-order valence-electron chi connectivity index (χ2n) is 6.56. The number of carbonyl (C=O) groups is 4. The first-order valence-electron chi connectivity index (χ1n) is 9.15. The molecule has 0 fully saturated rings. The van der Waals surface area contributed by atoms with Crippen molar-refractivity contribution in [3.8, 4) is 17.6 Å². The van der Waals surface area contributed by atoms with E-state index in [0.717, 1.165) is 5.56 Å². The third-order valence-electron chi connectivity index (χ3n) is 4.50. The molecule has 2 aromatic rings. The van der Waals surface area contributed by atoms with E-state index in [1.807, 2.05) is 11.4 Å². The van der Waals surface area contributed by atoms with Crippen molar-refractivity contribution in [3.63, 3.8) is 0 Å². The summed E-state index contributed by atoms with van der Waals surface area (Å²) in [6, 6.07) is 6.67. The minimum absolute atomic E-state index is 0.0501. The van der Waals surface area contributed by atoms with E-state index in [2.05, 4.69) is 22.1 Å². The standard InChI is InChI=1S/C21H19N5O5/c1-31-16-5-3-14-10-26(20(29)17(14)9-16)11-15(25-21(30)24-12-27)4-2-13-6-7-23-18(8-13)19(22)28/h3,5-9,12,15H,10-11H2,1H3,(H2,22,28)(H2,24,25,27,30)/t15-/m1/s1. The lowest BCUT2D eigenvalue weighted by molar-refractivity contribution is -0.108. The summed E-state index contributed by atoms with van der Waals surface area (Å²) in [5.74, 6) is 5.33. The first-order chi connectivity index (χ1) is 14.9. The van der Waals surface area contributed by atoms with Crippen LogP contribution in [0.5, 0.6) is 5.75 Å². The van der Waals surface area contributed by atoms with Crippen LogP contribution in [0.4, 0.5) is 4.79 Å². The molecule has 1 aromatic heterocycles. The molecular weight excluding hydrogens is 402 g/mol. The molecule has 4 N–H and O–H groups in total. The van der Waals surface area contributed by atoms with Gasteiger partial charge in [-0.1, -0.05) is 17.9 Å². The first-order valence-corrected chi connectivity index (χ1v) is 9.15. The number of rotatable bonds is 6. The molecule has 1 aliphatic heterocycles. The summed E-state index contributed by atoms with van der Waals surface area (Å²) in [4.78, 5) is 51.9. The zero-order chi connectivity index (χ0) is 22.4. The molecular formula is C21H19N5O5. The highest BCUT2D eigenvalue weighted by molar-refractivity contribution is 5.98. The highest BCUT2D eigenvalue weighted by Gasteiger charge is 2.29. The van der Waals surface area contributed by atoms with Gasteiger partial charge in [-0.15, -0.1) is 0 Å². The molecule has 1 aromatic carbocycles. The molecule has 0 unspecified atom stereocenters. The molecule has 0 spiro atoms. The minimum atomic E-state index is -0.801. The number of fused-ring (bicyclic) bond motifs is 1. The largest absolute Gasteiger partial charge is 0.497 e. The Morgan fingerprint density at radius 3 is 2.87 bits per heavy atom. The predicted octanol–water partition coefficient (Wildman–Crippen LogP) is 0.0208. The molecule has 158 valence electrons. The third kappa shape index (κ3) is 5.16. The molecule has 0 saturated carbocycles. The molecule has 10 heteroatoms. The van der Waals surface area contributed by atoms with Gasteiger partial charge in [0.1, 0.15) is 17.5 Å². The highest BCUT2D eigenvalue weighted by Crippen LogP contribution is 2.26. The number of nitrogens with zero attached hydrogens (tertiary/aromatic N) is 2. The van der Waals surface area contributed by atoms with Crippen LogP contribution in [0.2, 0.25) is 0 Å². The van der Waals surface area contributed by atoms with Crippen LogP contribution in [0.15, 0.2) is 36.5 Å². The molecule has 0 aliphatic carbocycles. The van der Waals surface area contributed by atoms with Crippen LogP contribution >= 0.6 is 0 Å². The van der Waals surface area contributed by atoms with Crippen molar-refractivity contribution in [3.05, 3.63) is 58.9 Å². The van der Waals surface area contributed by atoms with Crippen LogP contribution in [0.1, 0.15) is 32.0 Å². The Hall–Kier alpha value is -4.39. The first kappa shape index (κ1) is 21.3. The van der Waals surface area contributed by atoms with Crippen LogP contribution in [-0.4, -0.2) is 53.8 Å². The van der Waals surface area contributed by atoms with Crippen LogP contribution in [0.25, 0.3) is 0 Å². The molecule has 31 heavy (non-hydrogen) atoms. The van der Waals surface area contributed by atoms with Gasteiger partial charge in [-0.2, -0.15) is 0 Å². The average Bonchev–Trinajstić information content (AvgIpc) is 3.07. The summed E-state index contributed by atoms with van der Waals surface area (Å²) in [5, 5.41) is 4.52. The van der Waals surface area contributed by atoms with E-state index < -0.39 is 18.0 Å². The molecule has 10 nitrogen and oxygen atoms in total. The average molecular weight is 421 g/mol. The number of urea groups is 1. The van der Waals surface area contributed by atoms with E-state index in [0.29, 0.717) is 23.4 Å². The van der Waals surface area contributed by atoms with E-state index in [1.165, 1.54) is 24.3 Å². The fraction of sp³-hybridized carbons (Fsp3) is 0.190. The fourth-order valence-corrected chi connectivity index (χ4v) is 3.03. The molecule has 3 rings (SSSR count). The lowest BCUT2D eigenvalue weighted by atomic mass is 10.1. The van der Waals surface area contributed by atoms with E-state index >= 15 is 0 Å². The molecule has 1 atom stereocenters. The summed E-state index contributed by atoms with van der Waals surface area (Å²) in [7, 11) is 1.52. The molecule has 0 radical (unpaired) electrons. The summed E-state index contributed by atoms with van der Waals surface area (Å²) < 4.78 is 5.17. The van der Waals surface area contributed by atoms with E-state index in [4.69, 9.17) is 10.5 Å². The predicted molar refractivity (Wildman–Crippen MR) is 109 cm³/mol. The molecule has 0 bridgehead atoms. The summed E-state index contributed by atoms with van der Waals surface area (Å²) in [5.41, 5.74) is 7.07. The van der Waals surface area contributed by atoms with E-state index in [-0.39, 0.29) is 24.6 Å². The lowest BCUT2D eigenvalue weighted by Crippen LogP contribution is -2.46. The number of ether oxygens (including phenoxy) is 1. The van der Waals surface area contributed by atoms with Gasteiger partial charge in [0, 0.05) is 23.9 Å². The number of pyridine rings is 1. The van der Waals surface area contributed by atoms with Crippen molar-refractivity contribution in [2.24, 2.45) is 5.73 Å². The number of methoxy groups -OCH3 is 1. The number of primary amides is 1. The number of hydrogen-bond donors (Lipinski definition) is 3. The van der Waals surface area contributed by atoms with Gasteiger partial charge in [0.25, 0.3) is 11.8 Å². The second-order valence-corrected chi connectivity index (χ2v) is 6.56. The van der Waals surface area contributed by atoms with Gasteiger partial charge >= 0.3 is 6.03 Å². The van der Waals surface area contributed by atoms with Gasteiger partial charge in [-0.3, -0.25) is 24.7 Å². The second kappa shape index (κ2) is 9.41. The zero-order valence-electron chi connectivity index (χ0n) is 16.5. The lowest BCUT2D eigenvalue weighted by Gasteiger charge is -2.21. The van der Waals surface area contributed by atoms with Crippen molar-refractivity contribution in [2.75, 3.05) is 13.7 Å². The van der Waals surface area contributed by atoms with Gasteiger partial charge < -0.3 is 20.7 Å². The quantitative estimate of drug-likeness (QED) is 0.443. The van der Waals surface area contributed by atoms with Crippen molar-refractivity contribution in [1.29, 1.82) is 0 Å². The third-order valence-corrected chi connectivity index (χ3v) is 4.50. The van der Waals surface area contributed by atoms with Gasteiger partial charge in [0.2, 0.25) is 6.41 Å². The van der Waals surface area contributed by atoms with Gasteiger partial charge in [-0.05, 0) is 29.8 Å². The molecule has 5 amide bonds. The van der Waals surface area contributed by atoms with Gasteiger partial charge in [0.15, 0.2) is 0 Å². The number of aromatic nitrogens is 1. The maximum Gasteiger partial charge on any atom is 0.322 e. The molecule has 2 heterocycles. The van der Waals surface area contributed by atoms with E-state index in [1.54, 1.807) is 18.2 Å². The number of hydrogen-bond acceptors (Lipinski definition) is 6. The fourth-order valence-electron chi connectivity index (χ4n) is 3.03. The van der Waals surface area contributed by atoms with Crippen molar-refractivity contribution in [1.82, 2.24) is 20.5 Å². The molecule has 0 saturated heterocycles. The summed E-state index contributed by atoms with van der Waals surface area (Å²) >= 11 is 0. The summed E-state index contributed by atoms with van der Waals surface area (Å²) in [6.07, 6.45) is 1.63. The number of carbonyl (C=O) groups excluding carboxylic acids is 4. The smallest absolute Gasteiger partial charge is 0.322 e. The minimum Gasteiger partial charge on any atom is -0.497 e. The normalized spacial score (nSPS) is 12.8. The van der Waals surface area contributed by atoms with Crippen molar-refractivity contribution < 1.29 is 23.9 Å². The Kier molecular flexibility index (Phi) is 6.47. The zero-order valence-corrected chi connectivity index (χ0v) is 16.5.